The number of nitrogens with zero attached hydrogens (tertiary/aromatic N) is 2. The number of aromatic hydroxyl groups is 1. The number of carbonyl (C=O) groups excluding carboxylic acids is 1. The van der Waals surface area contributed by atoms with Crippen LogP contribution in [-0.4, -0.2) is 28.1 Å². The lowest BCUT2D eigenvalue weighted by Crippen LogP contribution is -2.23. The lowest BCUT2D eigenvalue weighted by Gasteiger charge is -2.07. The smallest absolute Gasteiger partial charge is 0.266 e. The summed E-state index contributed by atoms with van der Waals surface area (Å²) in [6.45, 7) is 2.02. The number of phenols is 1. The van der Waals surface area contributed by atoms with Crippen LogP contribution in [0.3, 0.4) is 0 Å². The second kappa shape index (κ2) is 6.30. The Morgan fingerprint density at radius 2 is 1.96 bits per heavy atom. The molecule has 1 N–H and O–H groups in total. The number of aliphatic imine (C=N–C) groups is 1. The highest BCUT2D eigenvalue weighted by Gasteiger charge is 2.30. The Labute approximate surface area is 139 Å². The van der Waals surface area contributed by atoms with Gasteiger partial charge in [-0.1, -0.05) is 30.3 Å². The van der Waals surface area contributed by atoms with Crippen LogP contribution < -0.4 is 0 Å². The van der Waals surface area contributed by atoms with E-state index in [2.05, 4.69) is 4.99 Å². The summed E-state index contributed by atoms with van der Waals surface area (Å²) < 4.78 is 0. The van der Waals surface area contributed by atoms with E-state index >= 15 is 0 Å². The van der Waals surface area contributed by atoms with Crippen LogP contribution in [0.5, 0.6) is 5.75 Å². The highest BCUT2D eigenvalue weighted by atomic mass is 32.2. The van der Waals surface area contributed by atoms with Crippen LogP contribution in [0, 0.1) is 6.92 Å². The number of likely N-dealkylation sites (N-methyl/N-ethyl adjacent to an activating group) is 1. The summed E-state index contributed by atoms with van der Waals surface area (Å²) in [5.74, 6) is 0.0802. The third-order valence-electron chi connectivity index (χ3n) is 3.53. The molecule has 0 spiro atoms. The van der Waals surface area contributed by atoms with Gasteiger partial charge < -0.3 is 5.11 Å². The van der Waals surface area contributed by atoms with E-state index in [1.54, 1.807) is 31.3 Å². The van der Waals surface area contributed by atoms with Gasteiger partial charge >= 0.3 is 0 Å². The molecule has 1 heterocycles. The highest BCUT2D eigenvalue weighted by molar-refractivity contribution is 8.18. The number of hydrogen-bond donors (Lipinski definition) is 1. The third kappa shape index (κ3) is 3.29. The minimum absolute atomic E-state index is 0.0721. The highest BCUT2D eigenvalue weighted by Crippen LogP contribution is 2.33. The van der Waals surface area contributed by atoms with Crippen LogP contribution in [0.2, 0.25) is 0 Å². The van der Waals surface area contributed by atoms with Crippen molar-refractivity contribution in [2.24, 2.45) is 4.99 Å². The van der Waals surface area contributed by atoms with Crippen molar-refractivity contribution in [3.05, 3.63) is 64.6 Å². The number of hydrogen-bond acceptors (Lipinski definition) is 4. The SMILES string of the molecule is Cc1ccccc1/C=C1\SC(=Nc2cccc(O)c2)N(C)C1=O. The molecule has 1 amide bonds. The standard InChI is InChI=1S/C18H16N2O2S/c1-12-6-3-4-7-13(12)10-16-17(22)20(2)18(23-16)19-14-8-5-9-15(21)11-14/h3-11,21H,1-2H3/b16-10-,19-18?. The number of amidine groups is 1. The first kappa shape index (κ1) is 15.4. The van der Waals surface area contributed by atoms with E-state index in [1.807, 2.05) is 37.3 Å². The quantitative estimate of drug-likeness (QED) is 0.852. The normalized spacial score (nSPS) is 18.2. The summed E-state index contributed by atoms with van der Waals surface area (Å²) in [6.07, 6.45) is 1.89. The molecule has 0 aliphatic carbocycles. The Hall–Kier alpha value is -2.53. The van der Waals surface area contributed by atoms with Crippen molar-refractivity contribution in [1.82, 2.24) is 4.90 Å². The first-order valence-corrected chi connectivity index (χ1v) is 7.97. The van der Waals surface area contributed by atoms with E-state index in [0.717, 1.165) is 11.1 Å². The van der Waals surface area contributed by atoms with Gasteiger partial charge in [0.2, 0.25) is 0 Å². The molecule has 0 atom stereocenters. The largest absolute Gasteiger partial charge is 0.508 e. The first-order valence-electron chi connectivity index (χ1n) is 7.15. The van der Waals surface area contributed by atoms with E-state index < -0.39 is 0 Å². The van der Waals surface area contributed by atoms with Gasteiger partial charge in [-0.2, -0.15) is 0 Å². The molecule has 3 rings (SSSR count). The van der Waals surface area contributed by atoms with Crippen LogP contribution in [0.25, 0.3) is 6.08 Å². The summed E-state index contributed by atoms with van der Waals surface area (Å²) in [4.78, 5) is 19.0. The maximum Gasteiger partial charge on any atom is 0.266 e. The number of phenolic OH excluding ortho intramolecular Hbond substituents is 1. The molecule has 1 aliphatic rings. The number of rotatable bonds is 2. The fourth-order valence-electron chi connectivity index (χ4n) is 2.21. The van der Waals surface area contributed by atoms with Gasteiger partial charge in [-0.15, -0.1) is 0 Å². The van der Waals surface area contributed by atoms with Crippen molar-refractivity contribution in [2.75, 3.05) is 7.05 Å². The minimum atomic E-state index is -0.0721. The van der Waals surface area contributed by atoms with Gasteiger partial charge in [-0.3, -0.25) is 9.69 Å². The summed E-state index contributed by atoms with van der Waals surface area (Å²) >= 11 is 1.34. The molecular formula is C18H16N2O2S. The molecule has 2 aromatic carbocycles. The molecule has 23 heavy (non-hydrogen) atoms. The topological polar surface area (TPSA) is 52.9 Å². The first-order chi connectivity index (χ1) is 11.0. The fourth-order valence-corrected chi connectivity index (χ4v) is 3.19. The zero-order chi connectivity index (χ0) is 16.4. The molecule has 0 unspecified atom stereocenters. The Morgan fingerprint density at radius 3 is 2.70 bits per heavy atom. The number of aryl methyl sites for hydroxylation is 1. The second-order valence-electron chi connectivity index (χ2n) is 5.25. The summed E-state index contributed by atoms with van der Waals surface area (Å²) in [5.41, 5.74) is 2.76. The number of thioether (sulfide) groups is 1. The van der Waals surface area contributed by atoms with Crippen LogP contribution in [0.15, 0.2) is 58.4 Å². The fraction of sp³-hybridized carbons (Fsp3) is 0.111. The van der Waals surface area contributed by atoms with Crippen molar-refractivity contribution < 1.29 is 9.90 Å². The lowest BCUT2D eigenvalue weighted by atomic mass is 10.1. The van der Waals surface area contributed by atoms with Crippen molar-refractivity contribution >= 4 is 34.6 Å². The van der Waals surface area contributed by atoms with Crippen molar-refractivity contribution in [2.45, 2.75) is 6.92 Å². The summed E-state index contributed by atoms with van der Waals surface area (Å²) in [5, 5.41) is 10.1. The number of carbonyl (C=O) groups is 1. The van der Waals surface area contributed by atoms with E-state index in [9.17, 15) is 9.90 Å². The Balaban J connectivity index is 1.93. The molecule has 0 saturated carbocycles. The number of amides is 1. The van der Waals surface area contributed by atoms with Gasteiger partial charge in [-0.25, -0.2) is 4.99 Å². The van der Waals surface area contributed by atoms with E-state index in [1.165, 1.54) is 16.7 Å². The maximum absolute atomic E-state index is 12.4. The summed E-state index contributed by atoms with van der Waals surface area (Å²) in [6, 6.07) is 14.6. The molecule has 4 nitrogen and oxygen atoms in total. The van der Waals surface area contributed by atoms with Crippen molar-refractivity contribution in [3.63, 3.8) is 0 Å². The van der Waals surface area contributed by atoms with Crippen molar-refractivity contribution in [3.8, 4) is 5.75 Å². The average Bonchev–Trinajstić information content (AvgIpc) is 2.78. The molecule has 1 saturated heterocycles. The molecule has 0 aromatic heterocycles. The van der Waals surface area contributed by atoms with Gasteiger partial charge in [0, 0.05) is 13.1 Å². The van der Waals surface area contributed by atoms with Crippen LogP contribution in [-0.2, 0) is 4.79 Å². The molecule has 5 heteroatoms. The zero-order valence-corrected chi connectivity index (χ0v) is 13.7. The molecule has 1 aliphatic heterocycles. The van der Waals surface area contributed by atoms with Gasteiger partial charge in [0.15, 0.2) is 5.17 Å². The molecular weight excluding hydrogens is 308 g/mol. The number of benzene rings is 2. The van der Waals surface area contributed by atoms with Gasteiger partial charge in [0.25, 0.3) is 5.91 Å². The average molecular weight is 324 g/mol. The monoisotopic (exact) mass is 324 g/mol. The molecule has 1 fully saturated rings. The minimum Gasteiger partial charge on any atom is -0.508 e. The van der Waals surface area contributed by atoms with E-state index in [-0.39, 0.29) is 11.7 Å². The Bertz CT molecular complexity index is 827. The summed E-state index contributed by atoms with van der Waals surface area (Å²) in [7, 11) is 1.70. The van der Waals surface area contributed by atoms with Crippen LogP contribution >= 0.6 is 11.8 Å². The molecule has 116 valence electrons. The molecule has 0 radical (unpaired) electrons. The zero-order valence-electron chi connectivity index (χ0n) is 12.9. The predicted molar refractivity (Wildman–Crippen MR) is 94.7 cm³/mol. The molecule has 2 aromatic rings. The van der Waals surface area contributed by atoms with E-state index in [0.29, 0.717) is 15.8 Å². The third-order valence-corrected chi connectivity index (χ3v) is 4.59. The predicted octanol–water partition coefficient (Wildman–Crippen LogP) is 3.93. The maximum atomic E-state index is 12.4. The van der Waals surface area contributed by atoms with E-state index in [4.69, 9.17) is 0 Å². The van der Waals surface area contributed by atoms with Crippen LogP contribution in [0.4, 0.5) is 5.69 Å². The van der Waals surface area contributed by atoms with Crippen LogP contribution in [0.1, 0.15) is 11.1 Å². The Kier molecular flexibility index (Phi) is 4.21. The second-order valence-corrected chi connectivity index (χ2v) is 6.25. The lowest BCUT2D eigenvalue weighted by molar-refractivity contribution is -0.121. The van der Waals surface area contributed by atoms with Gasteiger partial charge in [0.1, 0.15) is 5.75 Å². The van der Waals surface area contributed by atoms with Crippen molar-refractivity contribution in [1.29, 1.82) is 0 Å². The molecule has 0 bridgehead atoms. The van der Waals surface area contributed by atoms with Gasteiger partial charge in [0.05, 0.1) is 10.6 Å². The Morgan fingerprint density at radius 1 is 1.17 bits per heavy atom. The van der Waals surface area contributed by atoms with Gasteiger partial charge in [-0.05, 0) is 48.0 Å².